The van der Waals surface area contributed by atoms with E-state index < -0.39 is 6.04 Å². The van der Waals surface area contributed by atoms with E-state index in [4.69, 9.17) is 17.3 Å². The first-order chi connectivity index (χ1) is 14.1. The standard InChI is InChI=1S/C22H30ClN5O/c23-19-8-6-17(7-9-19)14-20(24)21(29)27-12-10-22(11-13-27,28-16-25-15-26-28)18-4-2-1-3-5-18/h6-9,15-16,18,20H,1-5,10-14,24H2. The lowest BCUT2D eigenvalue weighted by Gasteiger charge is -2.48. The third kappa shape index (κ3) is 4.33. The lowest BCUT2D eigenvalue weighted by Crippen LogP contribution is -2.55. The maximum atomic E-state index is 13.0. The highest BCUT2D eigenvalue weighted by molar-refractivity contribution is 6.30. The average molecular weight is 416 g/mol. The summed E-state index contributed by atoms with van der Waals surface area (Å²) >= 11 is 5.95. The monoisotopic (exact) mass is 415 g/mol. The smallest absolute Gasteiger partial charge is 0.239 e. The highest BCUT2D eigenvalue weighted by Crippen LogP contribution is 2.44. The van der Waals surface area contributed by atoms with Crippen LogP contribution >= 0.6 is 11.6 Å². The summed E-state index contributed by atoms with van der Waals surface area (Å²) in [5, 5.41) is 5.21. The highest BCUT2D eigenvalue weighted by Gasteiger charge is 2.45. The number of likely N-dealkylation sites (tertiary alicyclic amines) is 1. The van der Waals surface area contributed by atoms with Crippen molar-refractivity contribution in [3.63, 3.8) is 0 Å². The summed E-state index contributed by atoms with van der Waals surface area (Å²) in [5.41, 5.74) is 7.29. The second-order valence-electron chi connectivity index (χ2n) is 8.54. The molecule has 2 fully saturated rings. The summed E-state index contributed by atoms with van der Waals surface area (Å²) in [7, 11) is 0. The Morgan fingerprint density at radius 1 is 1.17 bits per heavy atom. The Morgan fingerprint density at radius 3 is 2.48 bits per heavy atom. The van der Waals surface area contributed by atoms with Gasteiger partial charge in [0.25, 0.3) is 0 Å². The number of amides is 1. The van der Waals surface area contributed by atoms with Gasteiger partial charge in [0, 0.05) is 18.1 Å². The molecule has 1 aromatic heterocycles. The van der Waals surface area contributed by atoms with Gasteiger partial charge in [0.1, 0.15) is 12.7 Å². The minimum atomic E-state index is -0.523. The molecule has 0 bridgehead atoms. The third-order valence-corrected chi connectivity index (χ3v) is 7.12. The van der Waals surface area contributed by atoms with E-state index in [9.17, 15) is 4.79 Å². The predicted molar refractivity (Wildman–Crippen MR) is 114 cm³/mol. The molecule has 2 heterocycles. The van der Waals surface area contributed by atoms with Crippen LogP contribution in [0.1, 0.15) is 50.5 Å². The van der Waals surface area contributed by atoms with E-state index in [0.29, 0.717) is 17.4 Å². The molecule has 29 heavy (non-hydrogen) atoms. The van der Waals surface area contributed by atoms with Crippen molar-refractivity contribution in [2.45, 2.75) is 62.9 Å². The number of nitrogens with zero attached hydrogens (tertiary/aromatic N) is 4. The molecule has 2 aliphatic rings. The van der Waals surface area contributed by atoms with Crippen LogP contribution in [0.2, 0.25) is 5.02 Å². The number of rotatable bonds is 5. The zero-order valence-corrected chi connectivity index (χ0v) is 17.6. The number of carbonyl (C=O) groups excluding carboxylic acids is 1. The van der Waals surface area contributed by atoms with Crippen molar-refractivity contribution >= 4 is 17.5 Å². The van der Waals surface area contributed by atoms with Gasteiger partial charge in [-0.05, 0) is 55.7 Å². The molecule has 0 radical (unpaired) electrons. The van der Waals surface area contributed by atoms with Gasteiger partial charge >= 0.3 is 0 Å². The Hall–Kier alpha value is -1.92. The van der Waals surface area contributed by atoms with Crippen molar-refractivity contribution in [3.8, 4) is 0 Å². The molecule has 156 valence electrons. The molecule has 1 atom stereocenters. The van der Waals surface area contributed by atoms with Crippen molar-refractivity contribution in [1.82, 2.24) is 19.7 Å². The Morgan fingerprint density at radius 2 is 1.86 bits per heavy atom. The fourth-order valence-electron chi connectivity index (χ4n) is 5.21. The van der Waals surface area contributed by atoms with Gasteiger partial charge in [-0.25, -0.2) is 9.67 Å². The molecular formula is C22H30ClN5O. The number of carbonyl (C=O) groups is 1. The third-order valence-electron chi connectivity index (χ3n) is 6.87. The van der Waals surface area contributed by atoms with Gasteiger partial charge in [-0.2, -0.15) is 5.10 Å². The molecule has 1 aliphatic heterocycles. The molecule has 1 unspecified atom stereocenters. The van der Waals surface area contributed by atoms with E-state index in [1.807, 2.05) is 35.5 Å². The molecule has 7 heteroatoms. The van der Waals surface area contributed by atoms with Gasteiger partial charge in [0.05, 0.1) is 11.6 Å². The molecule has 1 aromatic carbocycles. The van der Waals surface area contributed by atoms with E-state index in [1.165, 1.54) is 32.1 Å². The van der Waals surface area contributed by atoms with Crippen LogP contribution in [0.15, 0.2) is 36.9 Å². The molecule has 1 saturated heterocycles. The Bertz CT molecular complexity index is 793. The summed E-state index contributed by atoms with van der Waals surface area (Å²) in [4.78, 5) is 19.1. The van der Waals surface area contributed by atoms with Crippen molar-refractivity contribution in [3.05, 3.63) is 47.5 Å². The van der Waals surface area contributed by atoms with E-state index in [1.54, 1.807) is 6.33 Å². The summed E-state index contributed by atoms with van der Waals surface area (Å²) in [5.74, 6) is 0.647. The molecule has 2 N–H and O–H groups in total. The fourth-order valence-corrected chi connectivity index (χ4v) is 5.34. The minimum absolute atomic E-state index is 0.0199. The quantitative estimate of drug-likeness (QED) is 0.811. The highest BCUT2D eigenvalue weighted by atomic mass is 35.5. The van der Waals surface area contributed by atoms with Crippen LogP contribution < -0.4 is 5.73 Å². The van der Waals surface area contributed by atoms with E-state index in [-0.39, 0.29) is 11.4 Å². The molecular weight excluding hydrogens is 386 g/mol. The van der Waals surface area contributed by atoms with E-state index >= 15 is 0 Å². The molecule has 1 aliphatic carbocycles. The second kappa shape index (κ2) is 8.84. The largest absolute Gasteiger partial charge is 0.341 e. The molecule has 0 spiro atoms. The maximum absolute atomic E-state index is 13.0. The van der Waals surface area contributed by atoms with Crippen LogP contribution in [0.3, 0.4) is 0 Å². The van der Waals surface area contributed by atoms with Crippen LogP contribution in [0.4, 0.5) is 0 Å². The molecule has 4 rings (SSSR count). The van der Waals surface area contributed by atoms with Gasteiger partial charge < -0.3 is 10.6 Å². The lowest BCUT2D eigenvalue weighted by atomic mass is 9.69. The van der Waals surface area contributed by atoms with Crippen molar-refractivity contribution in [2.75, 3.05) is 13.1 Å². The molecule has 2 aromatic rings. The van der Waals surface area contributed by atoms with Crippen LogP contribution in [-0.4, -0.2) is 44.7 Å². The number of aromatic nitrogens is 3. The number of piperidine rings is 1. The number of nitrogens with two attached hydrogens (primary N) is 1. The normalized spacial score (nSPS) is 21.1. The number of hydrogen-bond acceptors (Lipinski definition) is 4. The van der Waals surface area contributed by atoms with Crippen molar-refractivity contribution in [1.29, 1.82) is 0 Å². The minimum Gasteiger partial charge on any atom is -0.341 e. The maximum Gasteiger partial charge on any atom is 0.239 e. The Kier molecular flexibility index (Phi) is 6.20. The topological polar surface area (TPSA) is 77.0 Å². The first kappa shape index (κ1) is 20.4. The zero-order valence-electron chi connectivity index (χ0n) is 16.8. The lowest BCUT2D eigenvalue weighted by molar-refractivity contribution is -0.135. The van der Waals surface area contributed by atoms with Crippen LogP contribution in [0.25, 0.3) is 0 Å². The van der Waals surface area contributed by atoms with Gasteiger partial charge in [-0.15, -0.1) is 0 Å². The van der Waals surface area contributed by atoms with Gasteiger partial charge in [-0.1, -0.05) is 43.0 Å². The van der Waals surface area contributed by atoms with Gasteiger partial charge in [-0.3, -0.25) is 4.79 Å². The summed E-state index contributed by atoms with van der Waals surface area (Å²) in [6, 6.07) is 7.02. The fraction of sp³-hybridized carbons (Fsp3) is 0.591. The van der Waals surface area contributed by atoms with Gasteiger partial charge in [0.2, 0.25) is 5.91 Å². The first-order valence-electron chi connectivity index (χ1n) is 10.7. The zero-order chi connectivity index (χ0) is 20.3. The summed E-state index contributed by atoms with van der Waals surface area (Å²) < 4.78 is 2.08. The average Bonchev–Trinajstić information content (AvgIpc) is 3.31. The molecule has 1 amide bonds. The molecule has 1 saturated carbocycles. The molecule has 6 nitrogen and oxygen atoms in total. The number of halogens is 1. The number of benzene rings is 1. The van der Waals surface area contributed by atoms with Crippen LogP contribution in [-0.2, 0) is 16.8 Å². The summed E-state index contributed by atoms with van der Waals surface area (Å²) in [6.07, 6.45) is 12.2. The van der Waals surface area contributed by atoms with Gasteiger partial charge in [0.15, 0.2) is 0 Å². The SMILES string of the molecule is NC(Cc1ccc(Cl)cc1)C(=O)N1CCC(C2CCCCC2)(n2cncn2)CC1. The van der Waals surface area contributed by atoms with Crippen molar-refractivity contribution < 1.29 is 4.79 Å². The van der Waals surface area contributed by atoms with Crippen molar-refractivity contribution in [2.24, 2.45) is 11.7 Å². The Balaban J connectivity index is 1.42. The Labute approximate surface area is 177 Å². The van der Waals surface area contributed by atoms with Crippen LogP contribution in [0.5, 0.6) is 0 Å². The first-order valence-corrected chi connectivity index (χ1v) is 11.1. The predicted octanol–water partition coefficient (Wildman–Crippen LogP) is 3.40. The summed E-state index contributed by atoms with van der Waals surface area (Å²) in [6.45, 7) is 1.45. The number of hydrogen-bond donors (Lipinski definition) is 1. The second-order valence-corrected chi connectivity index (χ2v) is 8.98. The van der Waals surface area contributed by atoms with Crippen LogP contribution in [0, 0.1) is 5.92 Å². The van der Waals surface area contributed by atoms with E-state index in [0.717, 1.165) is 31.5 Å². The van der Waals surface area contributed by atoms with E-state index in [2.05, 4.69) is 14.8 Å².